The summed E-state index contributed by atoms with van der Waals surface area (Å²) in [5.41, 5.74) is 0.207. The molecule has 0 saturated heterocycles. The zero-order chi connectivity index (χ0) is 14.8. The summed E-state index contributed by atoms with van der Waals surface area (Å²) in [6, 6.07) is 12.4. The Hall–Kier alpha value is -1.66. The van der Waals surface area contributed by atoms with Gasteiger partial charge in [-0.2, -0.15) is 8.42 Å². The van der Waals surface area contributed by atoms with E-state index in [2.05, 4.69) is 15.9 Å². The van der Waals surface area contributed by atoms with E-state index in [1.807, 2.05) is 0 Å². The smallest absolute Gasteiger partial charge is 0.339 e. The van der Waals surface area contributed by atoms with Gasteiger partial charge in [-0.25, -0.2) is 0 Å². The first-order valence-electron chi connectivity index (χ1n) is 5.70. The lowest BCUT2D eigenvalue weighted by Gasteiger charge is -2.10. The summed E-state index contributed by atoms with van der Waals surface area (Å²) < 4.78 is 30.0. The maximum Gasteiger partial charge on any atom is 0.339 e. The molecule has 0 heterocycles. The largest absolute Gasteiger partial charge is 0.378 e. The molecule has 20 heavy (non-hydrogen) atoms. The molecule has 0 fully saturated rings. The molecule has 2 rings (SSSR count). The molecule has 0 aliphatic rings. The Morgan fingerprint density at radius 1 is 1.10 bits per heavy atom. The molecule has 104 valence electrons. The van der Waals surface area contributed by atoms with E-state index in [-0.39, 0.29) is 22.0 Å². The molecule has 2 aromatic rings. The summed E-state index contributed by atoms with van der Waals surface area (Å²) in [5.74, 6) is -0.255. The van der Waals surface area contributed by atoms with E-state index in [1.165, 1.54) is 31.2 Å². The van der Waals surface area contributed by atoms with Gasteiger partial charge in [0.25, 0.3) is 0 Å². The fraction of sp³-hybridized carbons (Fsp3) is 0.0714. The van der Waals surface area contributed by atoms with Gasteiger partial charge in [0.05, 0.1) is 5.56 Å². The van der Waals surface area contributed by atoms with Crippen LogP contribution in [-0.4, -0.2) is 14.2 Å². The summed E-state index contributed by atoms with van der Waals surface area (Å²) in [6.07, 6.45) is 0. The third-order valence-corrected chi connectivity index (χ3v) is 4.29. The van der Waals surface area contributed by atoms with E-state index in [0.29, 0.717) is 4.47 Å². The molecule has 0 radical (unpaired) electrons. The van der Waals surface area contributed by atoms with Crippen LogP contribution in [0, 0.1) is 0 Å². The van der Waals surface area contributed by atoms with Crippen molar-refractivity contribution in [1.82, 2.24) is 0 Å². The van der Waals surface area contributed by atoms with E-state index >= 15 is 0 Å². The Morgan fingerprint density at radius 3 is 2.35 bits per heavy atom. The quantitative estimate of drug-likeness (QED) is 0.623. The van der Waals surface area contributed by atoms with Crippen LogP contribution in [0.1, 0.15) is 17.3 Å². The number of benzene rings is 2. The monoisotopic (exact) mass is 354 g/mol. The van der Waals surface area contributed by atoms with Gasteiger partial charge >= 0.3 is 10.1 Å². The highest BCUT2D eigenvalue weighted by molar-refractivity contribution is 9.10. The van der Waals surface area contributed by atoms with E-state index in [1.54, 1.807) is 24.3 Å². The number of carbonyl (C=O) groups is 1. The number of halogens is 1. The van der Waals surface area contributed by atoms with Crippen molar-refractivity contribution in [3.8, 4) is 5.75 Å². The minimum Gasteiger partial charge on any atom is -0.378 e. The maximum absolute atomic E-state index is 12.1. The van der Waals surface area contributed by atoms with Crippen LogP contribution in [0.15, 0.2) is 57.9 Å². The van der Waals surface area contributed by atoms with Crippen molar-refractivity contribution in [2.45, 2.75) is 11.8 Å². The molecule has 0 spiro atoms. The van der Waals surface area contributed by atoms with E-state index in [4.69, 9.17) is 4.18 Å². The van der Waals surface area contributed by atoms with Gasteiger partial charge in [0.1, 0.15) is 4.90 Å². The topological polar surface area (TPSA) is 60.4 Å². The van der Waals surface area contributed by atoms with Crippen molar-refractivity contribution >= 4 is 31.8 Å². The van der Waals surface area contributed by atoms with Crippen LogP contribution >= 0.6 is 15.9 Å². The molecular formula is C14H11BrO4S. The SMILES string of the molecule is CC(=O)c1cc(Br)ccc1OS(=O)(=O)c1ccccc1. The van der Waals surface area contributed by atoms with E-state index in [9.17, 15) is 13.2 Å². The van der Waals surface area contributed by atoms with E-state index in [0.717, 1.165) is 0 Å². The van der Waals surface area contributed by atoms with Crippen LogP contribution in [0.25, 0.3) is 0 Å². The molecule has 0 amide bonds. The van der Waals surface area contributed by atoms with Gasteiger partial charge in [-0.05, 0) is 37.3 Å². The first kappa shape index (κ1) is 14.7. The Balaban J connectivity index is 2.43. The summed E-state index contributed by atoms with van der Waals surface area (Å²) in [5, 5.41) is 0. The Bertz CT molecular complexity index is 739. The second-order valence-corrected chi connectivity index (χ2v) is 6.51. The van der Waals surface area contributed by atoms with Crippen LogP contribution in [0.2, 0.25) is 0 Å². The lowest BCUT2D eigenvalue weighted by molar-refractivity contribution is 0.101. The molecule has 0 aliphatic carbocycles. The molecule has 0 atom stereocenters. The van der Waals surface area contributed by atoms with Crippen molar-refractivity contribution in [1.29, 1.82) is 0 Å². The highest BCUT2D eigenvalue weighted by atomic mass is 79.9. The molecular weight excluding hydrogens is 344 g/mol. The Labute approximate surface area is 125 Å². The zero-order valence-electron chi connectivity index (χ0n) is 10.5. The highest BCUT2D eigenvalue weighted by Gasteiger charge is 2.19. The molecule has 0 unspecified atom stereocenters. The Kier molecular flexibility index (Phi) is 4.25. The van der Waals surface area contributed by atoms with Crippen molar-refractivity contribution in [2.24, 2.45) is 0 Å². The summed E-state index contributed by atoms with van der Waals surface area (Å²) >= 11 is 3.23. The Morgan fingerprint density at radius 2 is 1.75 bits per heavy atom. The number of carbonyl (C=O) groups excluding carboxylic acids is 1. The van der Waals surface area contributed by atoms with Gasteiger partial charge in [-0.15, -0.1) is 0 Å². The third-order valence-electron chi connectivity index (χ3n) is 2.55. The molecule has 2 aromatic carbocycles. The van der Waals surface area contributed by atoms with Crippen LogP contribution in [0.4, 0.5) is 0 Å². The summed E-state index contributed by atoms with van der Waals surface area (Å²) in [4.78, 5) is 11.6. The first-order chi connectivity index (χ1) is 9.40. The van der Waals surface area contributed by atoms with E-state index < -0.39 is 10.1 Å². The van der Waals surface area contributed by atoms with Crippen LogP contribution < -0.4 is 4.18 Å². The van der Waals surface area contributed by atoms with Crippen LogP contribution in [0.3, 0.4) is 0 Å². The minimum absolute atomic E-state index is 0.0181. The lowest BCUT2D eigenvalue weighted by atomic mass is 10.1. The van der Waals surface area contributed by atoms with Crippen molar-refractivity contribution in [3.63, 3.8) is 0 Å². The van der Waals surface area contributed by atoms with Gasteiger partial charge in [0.2, 0.25) is 0 Å². The van der Waals surface area contributed by atoms with Gasteiger partial charge in [0, 0.05) is 4.47 Å². The van der Waals surface area contributed by atoms with Crippen molar-refractivity contribution in [2.75, 3.05) is 0 Å². The van der Waals surface area contributed by atoms with Gasteiger partial charge < -0.3 is 4.18 Å². The highest BCUT2D eigenvalue weighted by Crippen LogP contribution is 2.26. The average Bonchev–Trinajstić information content (AvgIpc) is 2.41. The summed E-state index contributed by atoms with van der Waals surface area (Å²) in [7, 11) is -3.95. The minimum atomic E-state index is -3.95. The van der Waals surface area contributed by atoms with Crippen molar-refractivity contribution < 1.29 is 17.4 Å². The van der Waals surface area contributed by atoms with Gasteiger partial charge in [-0.1, -0.05) is 34.1 Å². The van der Waals surface area contributed by atoms with Crippen molar-refractivity contribution in [3.05, 3.63) is 58.6 Å². The molecule has 4 nitrogen and oxygen atoms in total. The van der Waals surface area contributed by atoms with Gasteiger partial charge in [0.15, 0.2) is 11.5 Å². The second-order valence-electron chi connectivity index (χ2n) is 4.05. The first-order valence-corrected chi connectivity index (χ1v) is 7.90. The average molecular weight is 355 g/mol. The van der Waals surface area contributed by atoms with Crippen LogP contribution in [0.5, 0.6) is 5.75 Å². The second kappa shape index (κ2) is 5.76. The lowest BCUT2D eigenvalue weighted by Crippen LogP contribution is -2.11. The molecule has 6 heteroatoms. The number of rotatable bonds is 4. The predicted octanol–water partition coefficient (Wildman–Crippen LogP) is 3.42. The zero-order valence-corrected chi connectivity index (χ0v) is 12.9. The number of hydrogen-bond acceptors (Lipinski definition) is 4. The number of hydrogen-bond donors (Lipinski definition) is 0. The number of Topliss-reactive ketones (excluding diaryl/α,β-unsaturated/α-hetero) is 1. The summed E-state index contributed by atoms with van der Waals surface area (Å²) in [6.45, 7) is 1.35. The normalized spacial score (nSPS) is 11.1. The third kappa shape index (κ3) is 3.26. The molecule has 0 aliphatic heterocycles. The van der Waals surface area contributed by atoms with Gasteiger partial charge in [-0.3, -0.25) is 4.79 Å². The fourth-order valence-corrected chi connectivity index (χ4v) is 2.93. The molecule has 0 aromatic heterocycles. The fourth-order valence-electron chi connectivity index (χ4n) is 1.60. The molecule has 0 saturated carbocycles. The standard InChI is InChI=1S/C14H11BrO4S/c1-10(16)13-9-11(15)7-8-14(13)19-20(17,18)12-5-3-2-4-6-12/h2-9H,1H3. The molecule has 0 bridgehead atoms. The number of ketones is 1. The van der Waals surface area contributed by atoms with Crippen LogP contribution in [-0.2, 0) is 10.1 Å². The maximum atomic E-state index is 12.1. The predicted molar refractivity (Wildman–Crippen MR) is 78.4 cm³/mol. The molecule has 0 N–H and O–H groups in total.